The number of aromatic nitrogens is 1. The summed E-state index contributed by atoms with van der Waals surface area (Å²) in [5, 5.41) is 0. The molecule has 0 radical (unpaired) electrons. The maximum absolute atomic E-state index is 13.3. The van der Waals surface area contributed by atoms with E-state index < -0.39 is 30.3 Å². The molecule has 1 heterocycles. The molecule has 0 N–H and O–H groups in total. The van der Waals surface area contributed by atoms with Gasteiger partial charge in [0.15, 0.2) is 0 Å². The molecule has 1 aromatic heterocycles. The fourth-order valence-electron chi connectivity index (χ4n) is 1.01. The van der Waals surface area contributed by atoms with Gasteiger partial charge in [0.25, 0.3) is 6.43 Å². The van der Waals surface area contributed by atoms with Crippen LogP contribution in [0.3, 0.4) is 0 Å². The van der Waals surface area contributed by atoms with Crippen LogP contribution in [0.1, 0.15) is 17.8 Å². The Hall–Kier alpha value is -0.860. The second-order valence-electron chi connectivity index (χ2n) is 2.84. The Kier molecular flexibility index (Phi) is 4.51. The summed E-state index contributed by atoms with van der Waals surface area (Å²) in [5.41, 5.74) is -0.858. The van der Waals surface area contributed by atoms with E-state index in [1.54, 1.807) is 22.6 Å². The zero-order valence-corrected chi connectivity index (χ0v) is 10.3. The molecule has 0 spiro atoms. The molecule has 0 aliphatic carbocycles. The quantitative estimate of drug-likeness (QED) is 0.624. The predicted molar refractivity (Wildman–Crippen MR) is 57.6 cm³/mol. The van der Waals surface area contributed by atoms with Gasteiger partial charge in [0.1, 0.15) is 11.5 Å². The Labute approximate surface area is 103 Å². The Morgan fingerprint density at radius 2 is 2.25 bits per heavy atom. The second-order valence-corrected chi connectivity index (χ2v) is 4.00. The minimum atomic E-state index is -2.80. The summed E-state index contributed by atoms with van der Waals surface area (Å²) >= 11 is 1.56. The van der Waals surface area contributed by atoms with E-state index in [9.17, 15) is 18.0 Å². The molecule has 0 atom stereocenters. The number of ether oxygens (including phenoxy) is 1. The van der Waals surface area contributed by atoms with Gasteiger partial charge in [-0.05, 0) is 28.7 Å². The van der Waals surface area contributed by atoms with Crippen LogP contribution in [0.4, 0.5) is 13.2 Å². The first kappa shape index (κ1) is 13.2. The Bertz CT molecular complexity index is 412. The third-order valence-electron chi connectivity index (χ3n) is 1.78. The molecule has 16 heavy (non-hydrogen) atoms. The zero-order chi connectivity index (χ0) is 12.3. The Morgan fingerprint density at radius 1 is 1.62 bits per heavy atom. The lowest BCUT2D eigenvalue weighted by Gasteiger charge is -2.06. The molecule has 0 aromatic carbocycles. The van der Waals surface area contributed by atoms with Gasteiger partial charge in [-0.3, -0.25) is 4.79 Å². The second kappa shape index (κ2) is 5.46. The van der Waals surface area contributed by atoms with Crippen molar-refractivity contribution in [1.82, 2.24) is 4.98 Å². The topological polar surface area (TPSA) is 39.2 Å². The van der Waals surface area contributed by atoms with Crippen LogP contribution in [0.25, 0.3) is 0 Å². The number of halogens is 4. The van der Waals surface area contributed by atoms with Crippen LogP contribution in [-0.2, 0) is 16.0 Å². The van der Waals surface area contributed by atoms with Gasteiger partial charge >= 0.3 is 5.97 Å². The van der Waals surface area contributed by atoms with Gasteiger partial charge in [0, 0.05) is 3.57 Å². The summed E-state index contributed by atoms with van der Waals surface area (Å²) in [7, 11) is 1.13. The van der Waals surface area contributed by atoms with E-state index in [2.05, 4.69) is 9.72 Å². The first-order chi connectivity index (χ1) is 7.45. The SMILES string of the molecule is COC(=O)Cc1nc(C(F)F)c(I)cc1F. The van der Waals surface area contributed by atoms with Crippen molar-refractivity contribution in [3.63, 3.8) is 0 Å². The molecule has 88 valence electrons. The van der Waals surface area contributed by atoms with Gasteiger partial charge in [0.2, 0.25) is 0 Å². The maximum atomic E-state index is 13.3. The van der Waals surface area contributed by atoms with Gasteiger partial charge in [-0.2, -0.15) is 0 Å². The number of carbonyl (C=O) groups is 1. The van der Waals surface area contributed by atoms with Crippen molar-refractivity contribution in [1.29, 1.82) is 0 Å². The van der Waals surface area contributed by atoms with E-state index in [0.29, 0.717) is 0 Å². The minimum Gasteiger partial charge on any atom is -0.469 e. The Balaban J connectivity index is 3.09. The molecule has 0 saturated heterocycles. The van der Waals surface area contributed by atoms with E-state index in [0.717, 1.165) is 13.2 Å². The fourth-order valence-corrected chi connectivity index (χ4v) is 1.64. The summed E-state index contributed by atoms with van der Waals surface area (Å²) < 4.78 is 42.5. The summed E-state index contributed by atoms with van der Waals surface area (Å²) in [6, 6.07) is 0.924. The van der Waals surface area contributed by atoms with Crippen LogP contribution in [0.15, 0.2) is 6.07 Å². The average molecular weight is 345 g/mol. The number of carbonyl (C=O) groups excluding carboxylic acids is 1. The van der Waals surface area contributed by atoms with Crippen molar-refractivity contribution in [2.75, 3.05) is 7.11 Å². The summed E-state index contributed by atoms with van der Waals surface area (Å²) in [6.45, 7) is 0. The molecule has 1 aromatic rings. The van der Waals surface area contributed by atoms with E-state index in [1.807, 2.05) is 0 Å². The molecule has 0 saturated carbocycles. The highest BCUT2D eigenvalue weighted by atomic mass is 127. The zero-order valence-electron chi connectivity index (χ0n) is 8.14. The van der Waals surface area contributed by atoms with Crippen molar-refractivity contribution in [3.05, 3.63) is 26.8 Å². The number of hydrogen-bond donors (Lipinski definition) is 0. The molecule has 0 fully saturated rings. The first-order valence-electron chi connectivity index (χ1n) is 4.15. The third-order valence-corrected chi connectivity index (χ3v) is 2.64. The lowest BCUT2D eigenvalue weighted by atomic mass is 10.2. The highest BCUT2D eigenvalue weighted by molar-refractivity contribution is 14.1. The molecule has 0 aliphatic rings. The van der Waals surface area contributed by atoms with Crippen molar-refractivity contribution in [3.8, 4) is 0 Å². The number of rotatable bonds is 3. The van der Waals surface area contributed by atoms with Crippen LogP contribution in [0.5, 0.6) is 0 Å². The lowest BCUT2D eigenvalue weighted by Crippen LogP contribution is -2.10. The molecule has 0 bridgehead atoms. The molecule has 1 rings (SSSR count). The van der Waals surface area contributed by atoms with Gasteiger partial charge in [0.05, 0.1) is 19.2 Å². The molecule has 0 amide bonds. The van der Waals surface area contributed by atoms with Crippen molar-refractivity contribution < 1.29 is 22.7 Å². The van der Waals surface area contributed by atoms with Crippen LogP contribution in [0.2, 0.25) is 0 Å². The van der Waals surface area contributed by atoms with Gasteiger partial charge in [-0.1, -0.05) is 0 Å². The van der Waals surface area contributed by atoms with E-state index >= 15 is 0 Å². The van der Waals surface area contributed by atoms with E-state index in [4.69, 9.17) is 0 Å². The predicted octanol–water partition coefficient (Wildman–Crippen LogP) is 2.48. The summed E-state index contributed by atoms with van der Waals surface area (Å²) in [4.78, 5) is 14.3. The average Bonchev–Trinajstić information content (AvgIpc) is 2.21. The van der Waals surface area contributed by atoms with Crippen molar-refractivity contribution >= 4 is 28.6 Å². The number of methoxy groups -OCH3 is 1. The fraction of sp³-hybridized carbons (Fsp3) is 0.333. The summed E-state index contributed by atoms with van der Waals surface area (Å²) in [5.74, 6) is -1.52. The molecular formula is C9H7F3INO2. The number of nitrogens with zero attached hydrogens (tertiary/aromatic N) is 1. The number of alkyl halides is 2. The highest BCUT2D eigenvalue weighted by Gasteiger charge is 2.19. The van der Waals surface area contributed by atoms with Crippen LogP contribution in [-0.4, -0.2) is 18.1 Å². The number of esters is 1. The molecule has 0 aliphatic heterocycles. The van der Waals surface area contributed by atoms with Crippen LogP contribution >= 0.6 is 22.6 Å². The van der Waals surface area contributed by atoms with Crippen molar-refractivity contribution in [2.24, 2.45) is 0 Å². The molecule has 7 heteroatoms. The van der Waals surface area contributed by atoms with Gasteiger partial charge in [-0.15, -0.1) is 0 Å². The van der Waals surface area contributed by atoms with Crippen molar-refractivity contribution in [2.45, 2.75) is 12.8 Å². The molecule has 0 unspecified atom stereocenters. The lowest BCUT2D eigenvalue weighted by molar-refractivity contribution is -0.139. The van der Waals surface area contributed by atoms with Crippen LogP contribution in [0, 0.1) is 9.39 Å². The number of pyridine rings is 1. The standard InChI is InChI=1S/C9H7F3INO2/c1-16-7(15)3-6-4(10)2-5(13)8(14-6)9(11)12/h2,9H,3H2,1H3. The smallest absolute Gasteiger partial charge is 0.311 e. The van der Waals surface area contributed by atoms with Gasteiger partial charge in [-0.25, -0.2) is 18.2 Å². The Morgan fingerprint density at radius 3 is 2.75 bits per heavy atom. The monoisotopic (exact) mass is 345 g/mol. The highest BCUT2D eigenvalue weighted by Crippen LogP contribution is 2.24. The normalized spacial score (nSPS) is 10.6. The molecule has 3 nitrogen and oxygen atoms in total. The third kappa shape index (κ3) is 3.06. The minimum absolute atomic E-state index is 0.0266. The maximum Gasteiger partial charge on any atom is 0.311 e. The van der Waals surface area contributed by atoms with E-state index in [-0.39, 0.29) is 9.26 Å². The van der Waals surface area contributed by atoms with E-state index in [1.165, 1.54) is 0 Å². The van der Waals surface area contributed by atoms with Crippen LogP contribution < -0.4 is 0 Å². The van der Waals surface area contributed by atoms with Gasteiger partial charge < -0.3 is 4.74 Å². The summed E-state index contributed by atoms with van der Waals surface area (Å²) in [6.07, 6.45) is -3.26. The number of hydrogen-bond acceptors (Lipinski definition) is 3. The largest absolute Gasteiger partial charge is 0.469 e. The molecular weight excluding hydrogens is 338 g/mol. The first-order valence-corrected chi connectivity index (χ1v) is 5.23.